The second kappa shape index (κ2) is 3.88. The molecular formula is C11H11FO3. The second-order valence-electron chi connectivity index (χ2n) is 3.64. The van der Waals surface area contributed by atoms with Gasteiger partial charge in [0.1, 0.15) is 18.2 Å². The van der Waals surface area contributed by atoms with Crippen LogP contribution in [0, 0.1) is 11.7 Å². The van der Waals surface area contributed by atoms with Crippen LogP contribution < -0.4 is 4.74 Å². The van der Waals surface area contributed by atoms with Gasteiger partial charge in [-0.15, -0.1) is 0 Å². The van der Waals surface area contributed by atoms with Crippen LogP contribution in [0.25, 0.3) is 0 Å². The number of carbonyl (C=O) groups is 1. The van der Waals surface area contributed by atoms with Gasteiger partial charge >= 0.3 is 5.97 Å². The maximum atomic E-state index is 12.9. The molecule has 1 aromatic carbocycles. The van der Waals surface area contributed by atoms with E-state index in [0.717, 1.165) is 5.56 Å². The number of rotatable bonds is 1. The van der Waals surface area contributed by atoms with E-state index in [1.54, 1.807) is 6.07 Å². The van der Waals surface area contributed by atoms with Crippen LogP contribution in [0.5, 0.6) is 5.75 Å². The van der Waals surface area contributed by atoms with Crippen molar-refractivity contribution in [1.29, 1.82) is 0 Å². The average Bonchev–Trinajstić information content (AvgIpc) is 2.39. The molecular weight excluding hydrogens is 199 g/mol. The third kappa shape index (κ3) is 2.09. The summed E-state index contributed by atoms with van der Waals surface area (Å²) in [6.07, 6.45) is 1.04. The Morgan fingerprint density at radius 3 is 3.07 bits per heavy atom. The third-order valence-corrected chi connectivity index (χ3v) is 2.57. The highest BCUT2D eigenvalue weighted by Gasteiger charge is 2.22. The van der Waals surface area contributed by atoms with Gasteiger partial charge < -0.3 is 9.84 Å². The highest BCUT2D eigenvalue weighted by Crippen LogP contribution is 2.26. The summed E-state index contributed by atoms with van der Waals surface area (Å²) >= 11 is 0. The average molecular weight is 210 g/mol. The van der Waals surface area contributed by atoms with E-state index in [2.05, 4.69) is 0 Å². The normalized spacial score (nSPS) is 19.9. The Morgan fingerprint density at radius 1 is 1.53 bits per heavy atom. The van der Waals surface area contributed by atoms with Gasteiger partial charge in [0.15, 0.2) is 0 Å². The molecule has 3 nitrogen and oxygen atoms in total. The molecule has 1 aliphatic rings. The third-order valence-electron chi connectivity index (χ3n) is 2.57. The lowest BCUT2D eigenvalue weighted by Gasteiger charge is -2.08. The standard InChI is InChI=1S/C11H11FO3/c12-9-3-4-10-7(5-9)1-2-8(6-15-10)11(13)14/h3-5,8H,1-2,6H2,(H,13,14). The maximum absolute atomic E-state index is 12.9. The van der Waals surface area contributed by atoms with E-state index < -0.39 is 11.9 Å². The molecule has 1 N–H and O–H groups in total. The molecule has 0 aliphatic carbocycles. The molecule has 1 atom stereocenters. The highest BCUT2D eigenvalue weighted by atomic mass is 19.1. The largest absolute Gasteiger partial charge is 0.492 e. The van der Waals surface area contributed by atoms with Gasteiger partial charge in [0, 0.05) is 0 Å². The van der Waals surface area contributed by atoms with Gasteiger partial charge in [-0.1, -0.05) is 0 Å². The van der Waals surface area contributed by atoms with Crippen LogP contribution in [-0.2, 0) is 11.2 Å². The molecule has 1 aliphatic heterocycles. The summed E-state index contributed by atoms with van der Waals surface area (Å²) in [5.74, 6) is -1.07. The molecule has 0 spiro atoms. The molecule has 1 aromatic rings. The highest BCUT2D eigenvalue weighted by molar-refractivity contribution is 5.70. The maximum Gasteiger partial charge on any atom is 0.309 e. The predicted molar refractivity (Wildman–Crippen MR) is 51.3 cm³/mol. The van der Waals surface area contributed by atoms with Gasteiger partial charge in [0.2, 0.25) is 0 Å². The second-order valence-corrected chi connectivity index (χ2v) is 3.64. The van der Waals surface area contributed by atoms with Crippen molar-refractivity contribution in [1.82, 2.24) is 0 Å². The Labute approximate surface area is 86.5 Å². The molecule has 0 fully saturated rings. The first kappa shape index (κ1) is 9.96. The number of carboxylic acid groups (broad SMARTS) is 1. The van der Waals surface area contributed by atoms with Gasteiger partial charge in [-0.3, -0.25) is 4.79 Å². The number of carboxylic acids is 1. The minimum Gasteiger partial charge on any atom is -0.492 e. The van der Waals surface area contributed by atoms with Crippen molar-refractivity contribution >= 4 is 5.97 Å². The molecule has 0 amide bonds. The summed E-state index contributed by atoms with van der Waals surface area (Å²) in [5.41, 5.74) is 0.749. The van der Waals surface area contributed by atoms with Gasteiger partial charge in [-0.05, 0) is 36.6 Å². The zero-order valence-electron chi connectivity index (χ0n) is 8.07. The van der Waals surface area contributed by atoms with Crippen LogP contribution in [-0.4, -0.2) is 17.7 Å². The fourth-order valence-electron chi connectivity index (χ4n) is 1.68. The topological polar surface area (TPSA) is 46.5 Å². The van der Waals surface area contributed by atoms with E-state index in [0.29, 0.717) is 18.6 Å². The molecule has 4 heteroatoms. The van der Waals surface area contributed by atoms with E-state index in [1.165, 1.54) is 12.1 Å². The van der Waals surface area contributed by atoms with Crippen molar-refractivity contribution in [3.05, 3.63) is 29.6 Å². The Bertz CT molecular complexity index is 389. The lowest BCUT2D eigenvalue weighted by Crippen LogP contribution is -2.20. The molecule has 80 valence electrons. The summed E-state index contributed by atoms with van der Waals surface area (Å²) in [5, 5.41) is 8.84. The first-order chi connectivity index (χ1) is 7.16. The molecule has 15 heavy (non-hydrogen) atoms. The number of aliphatic carboxylic acids is 1. The van der Waals surface area contributed by atoms with Crippen molar-refractivity contribution in [2.45, 2.75) is 12.8 Å². The predicted octanol–water partition coefficient (Wildman–Crippen LogP) is 1.85. The van der Waals surface area contributed by atoms with Crippen LogP contribution in [0.15, 0.2) is 18.2 Å². The Balaban J connectivity index is 2.21. The number of hydrogen-bond donors (Lipinski definition) is 1. The molecule has 0 radical (unpaired) electrons. The summed E-state index contributed by atoms with van der Waals surface area (Å²) < 4.78 is 18.2. The fraction of sp³-hybridized carbons (Fsp3) is 0.364. The van der Waals surface area contributed by atoms with Crippen LogP contribution in [0.3, 0.4) is 0 Å². The van der Waals surface area contributed by atoms with Crippen molar-refractivity contribution < 1.29 is 19.0 Å². The molecule has 1 unspecified atom stereocenters. The number of hydrogen-bond acceptors (Lipinski definition) is 2. The first-order valence-corrected chi connectivity index (χ1v) is 4.81. The van der Waals surface area contributed by atoms with Gasteiger partial charge in [-0.2, -0.15) is 0 Å². The van der Waals surface area contributed by atoms with Gasteiger partial charge in [-0.25, -0.2) is 4.39 Å². The summed E-state index contributed by atoms with van der Waals surface area (Å²) in [6, 6.07) is 4.27. The Hall–Kier alpha value is -1.58. The van der Waals surface area contributed by atoms with E-state index >= 15 is 0 Å². The summed E-state index contributed by atoms with van der Waals surface area (Å²) in [6.45, 7) is 0.161. The monoisotopic (exact) mass is 210 g/mol. The fourth-order valence-corrected chi connectivity index (χ4v) is 1.68. The van der Waals surface area contributed by atoms with E-state index in [1.807, 2.05) is 0 Å². The molecule has 0 saturated carbocycles. The zero-order valence-corrected chi connectivity index (χ0v) is 8.07. The molecule has 0 aromatic heterocycles. The number of fused-ring (bicyclic) bond motifs is 1. The number of halogens is 1. The SMILES string of the molecule is O=C(O)C1CCc2cc(F)ccc2OC1. The quantitative estimate of drug-likeness (QED) is 0.769. The Kier molecular flexibility index (Phi) is 2.58. The van der Waals surface area contributed by atoms with Crippen molar-refractivity contribution in [3.63, 3.8) is 0 Å². The number of benzene rings is 1. The molecule has 0 bridgehead atoms. The molecule has 0 saturated heterocycles. The summed E-state index contributed by atoms with van der Waals surface area (Å²) in [4.78, 5) is 10.8. The molecule has 1 heterocycles. The van der Waals surface area contributed by atoms with Crippen molar-refractivity contribution in [2.24, 2.45) is 5.92 Å². The van der Waals surface area contributed by atoms with E-state index in [-0.39, 0.29) is 12.4 Å². The minimum absolute atomic E-state index is 0.161. The minimum atomic E-state index is -0.858. The van der Waals surface area contributed by atoms with Crippen LogP contribution >= 0.6 is 0 Å². The number of ether oxygens (including phenoxy) is 1. The van der Waals surface area contributed by atoms with Gasteiger partial charge in [0.25, 0.3) is 0 Å². The van der Waals surface area contributed by atoms with Crippen LogP contribution in [0.4, 0.5) is 4.39 Å². The van der Waals surface area contributed by atoms with Crippen molar-refractivity contribution in [2.75, 3.05) is 6.61 Å². The summed E-state index contributed by atoms with van der Waals surface area (Å²) in [7, 11) is 0. The Morgan fingerprint density at radius 2 is 2.33 bits per heavy atom. The van der Waals surface area contributed by atoms with E-state index in [9.17, 15) is 9.18 Å². The number of aryl methyl sites for hydroxylation is 1. The lowest BCUT2D eigenvalue weighted by atomic mass is 10.0. The lowest BCUT2D eigenvalue weighted by molar-refractivity contribution is -0.142. The van der Waals surface area contributed by atoms with Gasteiger partial charge in [0.05, 0.1) is 5.92 Å². The molecule has 2 rings (SSSR count). The first-order valence-electron chi connectivity index (χ1n) is 4.81. The van der Waals surface area contributed by atoms with Crippen LogP contribution in [0.1, 0.15) is 12.0 Å². The zero-order chi connectivity index (χ0) is 10.8. The van der Waals surface area contributed by atoms with E-state index in [4.69, 9.17) is 9.84 Å². The van der Waals surface area contributed by atoms with Crippen LogP contribution in [0.2, 0.25) is 0 Å². The smallest absolute Gasteiger partial charge is 0.309 e. The van der Waals surface area contributed by atoms with Crippen molar-refractivity contribution in [3.8, 4) is 5.75 Å².